The summed E-state index contributed by atoms with van der Waals surface area (Å²) < 4.78 is 0. The Balaban J connectivity index is 0. The Hall–Kier alpha value is 0.687. The number of carboxylic acid groups (broad SMARTS) is 1. The molecular formula is C3H9NaO2Si. The third-order valence-electron chi connectivity index (χ3n) is 0.494. The molecule has 0 aromatic carbocycles. The minimum atomic E-state index is -0.679. The van der Waals surface area contributed by atoms with E-state index < -0.39 is 5.97 Å². The van der Waals surface area contributed by atoms with Crippen LogP contribution < -0.4 is 0 Å². The SMILES string of the molecule is CC([SiH3])C(=O)O.[NaH]. The van der Waals surface area contributed by atoms with Crippen LogP contribution >= 0.6 is 0 Å². The molecule has 0 spiro atoms. The predicted octanol–water partition coefficient (Wildman–Crippen LogP) is -1.40. The van der Waals surface area contributed by atoms with Gasteiger partial charge in [0.2, 0.25) is 0 Å². The number of carboxylic acids is 1. The van der Waals surface area contributed by atoms with Gasteiger partial charge >= 0.3 is 35.5 Å². The van der Waals surface area contributed by atoms with Crippen molar-refractivity contribution in [2.75, 3.05) is 0 Å². The molecule has 0 aliphatic carbocycles. The molecule has 0 radical (unpaired) electrons. The van der Waals surface area contributed by atoms with Crippen LogP contribution in [-0.4, -0.2) is 50.9 Å². The van der Waals surface area contributed by atoms with Crippen molar-refractivity contribution in [3.63, 3.8) is 0 Å². The molecular weight excluding hydrogens is 119 g/mol. The normalized spacial score (nSPS) is 12.1. The summed E-state index contributed by atoms with van der Waals surface area (Å²) in [5.74, 6) is -0.679. The van der Waals surface area contributed by atoms with Crippen molar-refractivity contribution in [2.45, 2.75) is 12.5 Å². The second-order valence-electron chi connectivity index (χ2n) is 1.49. The molecule has 38 valence electrons. The zero-order valence-electron chi connectivity index (χ0n) is 3.93. The van der Waals surface area contributed by atoms with E-state index in [1.807, 2.05) is 0 Å². The molecule has 0 aromatic rings. The summed E-state index contributed by atoms with van der Waals surface area (Å²) in [6.45, 7) is 1.70. The molecule has 0 heterocycles. The van der Waals surface area contributed by atoms with Crippen LogP contribution in [0.25, 0.3) is 0 Å². The fourth-order valence-corrected chi connectivity index (χ4v) is 0. The van der Waals surface area contributed by atoms with Crippen molar-refractivity contribution >= 4 is 45.8 Å². The number of carbonyl (C=O) groups is 1. The molecule has 0 bridgehead atoms. The van der Waals surface area contributed by atoms with E-state index in [0.29, 0.717) is 0 Å². The van der Waals surface area contributed by atoms with Crippen LogP contribution in [0.1, 0.15) is 6.92 Å². The Kier molecular flexibility index (Phi) is 7.34. The van der Waals surface area contributed by atoms with E-state index in [2.05, 4.69) is 0 Å². The molecule has 0 saturated carbocycles. The molecule has 0 saturated heterocycles. The summed E-state index contributed by atoms with van der Waals surface area (Å²) in [5.41, 5.74) is -0.0926. The summed E-state index contributed by atoms with van der Waals surface area (Å²) in [4.78, 5) is 9.73. The molecule has 1 unspecified atom stereocenters. The fourth-order valence-electron chi connectivity index (χ4n) is 0. The van der Waals surface area contributed by atoms with Gasteiger partial charge in [0.1, 0.15) is 0 Å². The van der Waals surface area contributed by atoms with Gasteiger partial charge in [-0.05, 0) is 0 Å². The van der Waals surface area contributed by atoms with Crippen LogP contribution in [0, 0.1) is 0 Å². The molecule has 1 N–H and O–H groups in total. The van der Waals surface area contributed by atoms with Crippen molar-refractivity contribution in [1.82, 2.24) is 0 Å². The number of hydrogen-bond donors (Lipinski definition) is 1. The second kappa shape index (κ2) is 4.84. The van der Waals surface area contributed by atoms with Crippen molar-refractivity contribution in [3.05, 3.63) is 0 Å². The van der Waals surface area contributed by atoms with E-state index in [1.54, 1.807) is 6.92 Å². The molecule has 2 nitrogen and oxygen atoms in total. The fraction of sp³-hybridized carbons (Fsp3) is 0.667. The first-order chi connectivity index (χ1) is 2.64. The topological polar surface area (TPSA) is 37.3 Å². The first-order valence-electron chi connectivity index (χ1n) is 1.87. The van der Waals surface area contributed by atoms with Gasteiger partial charge in [-0.15, -0.1) is 0 Å². The molecule has 4 heteroatoms. The molecule has 1 atom stereocenters. The summed E-state index contributed by atoms with van der Waals surface area (Å²) in [7, 11) is 0.754. The minimum absolute atomic E-state index is 0. The van der Waals surface area contributed by atoms with Crippen molar-refractivity contribution in [2.24, 2.45) is 0 Å². The predicted molar refractivity (Wildman–Crippen MR) is 34.1 cm³/mol. The summed E-state index contributed by atoms with van der Waals surface area (Å²) >= 11 is 0. The monoisotopic (exact) mass is 128 g/mol. The number of rotatable bonds is 1. The Morgan fingerprint density at radius 3 is 2.00 bits per heavy atom. The quantitative estimate of drug-likeness (QED) is 0.441. The molecule has 0 amide bonds. The van der Waals surface area contributed by atoms with Gasteiger partial charge in [0, 0.05) is 15.8 Å². The van der Waals surface area contributed by atoms with Crippen LogP contribution in [0.5, 0.6) is 0 Å². The van der Waals surface area contributed by atoms with Gasteiger partial charge in [0.15, 0.2) is 0 Å². The van der Waals surface area contributed by atoms with E-state index >= 15 is 0 Å². The Bertz CT molecular complexity index is 64.0. The van der Waals surface area contributed by atoms with Gasteiger partial charge in [-0.1, -0.05) is 6.92 Å². The van der Waals surface area contributed by atoms with E-state index in [1.165, 1.54) is 0 Å². The maximum absolute atomic E-state index is 9.73. The summed E-state index contributed by atoms with van der Waals surface area (Å²) in [6.07, 6.45) is 0. The number of aliphatic carboxylic acids is 1. The summed E-state index contributed by atoms with van der Waals surface area (Å²) in [6, 6.07) is 0. The van der Waals surface area contributed by atoms with E-state index in [-0.39, 0.29) is 35.1 Å². The first kappa shape index (κ1) is 10.6. The van der Waals surface area contributed by atoms with Crippen LogP contribution in [0.4, 0.5) is 0 Å². The molecule has 7 heavy (non-hydrogen) atoms. The van der Waals surface area contributed by atoms with Gasteiger partial charge in [-0.25, -0.2) is 0 Å². The Morgan fingerprint density at radius 2 is 2.00 bits per heavy atom. The van der Waals surface area contributed by atoms with E-state index in [4.69, 9.17) is 5.11 Å². The van der Waals surface area contributed by atoms with Gasteiger partial charge in [-0.2, -0.15) is 0 Å². The van der Waals surface area contributed by atoms with E-state index in [0.717, 1.165) is 10.2 Å². The van der Waals surface area contributed by atoms with Crippen molar-refractivity contribution < 1.29 is 9.90 Å². The molecule has 0 fully saturated rings. The Morgan fingerprint density at radius 1 is 1.86 bits per heavy atom. The molecule has 0 aromatic heterocycles. The Labute approximate surface area is 68.0 Å². The first-order valence-corrected chi connectivity index (χ1v) is 3.03. The zero-order valence-corrected chi connectivity index (χ0v) is 5.93. The standard InChI is InChI=1S/C3H8O2Si.Na.H/c1-2(6)3(4)5;;/h2H,1,6H3,(H,4,5);;. The van der Waals surface area contributed by atoms with Gasteiger partial charge in [0.05, 0.1) is 0 Å². The third-order valence-corrected chi connectivity index (χ3v) is 0.988. The maximum atomic E-state index is 9.73. The average Bonchev–Trinajstić information content (AvgIpc) is 1.36. The van der Waals surface area contributed by atoms with Crippen LogP contribution in [0.3, 0.4) is 0 Å². The summed E-state index contributed by atoms with van der Waals surface area (Å²) in [5, 5.41) is 8.03. The van der Waals surface area contributed by atoms with Crippen molar-refractivity contribution in [1.29, 1.82) is 0 Å². The second-order valence-corrected chi connectivity index (χ2v) is 3.22. The van der Waals surface area contributed by atoms with Crippen LogP contribution in [0.2, 0.25) is 5.54 Å². The number of hydrogen-bond acceptors (Lipinski definition) is 1. The zero-order chi connectivity index (χ0) is 5.15. The van der Waals surface area contributed by atoms with Crippen LogP contribution in [0.15, 0.2) is 0 Å². The van der Waals surface area contributed by atoms with Crippen LogP contribution in [-0.2, 0) is 4.79 Å². The van der Waals surface area contributed by atoms with Crippen molar-refractivity contribution in [3.8, 4) is 0 Å². The van der Waals surface area contributed by atoms with Gasteiger partial charge in [0.25, 0.3) is 0 Å². The molecule has 0 aliphatic rings. The average molecular weight is 128 g/mol. The van der Waals surface area contributed by atoms with Gasteiger partial charge < -0.3 is 5.11 Å². The molecule has 0 rings (SSSR count). The third kappa shape index (κ3) is 6.69. The molecule has 0 aliphatic heterocycles. The van der Waals surface area contributed by atoms with Gasteiger partial charge in [-0.3, -0.25) is 4.79 Å². The van der Waals surface area contributed by atoms with E-state index in [9.17, 15) is 4.79 Å².